The second kappa shape index (κ2) is 7.76. The fourth-order valence-corrected chi connectivity index (χ4v) is 2.95. The predicted molar refractivity (Wildman–Crippen MR) is 98.6 cm³/mol. The van der Waals surface area contributed by atoms with Gasteiger partial charge in [-0.2, -0.15) is 0 Å². The summed E-state index contributed by atoms with van der Waals surface area (Å²) in [5.41, 5.74) is 1.21. The number of hydrogen-bond donors (Lipinski definition) is 1. The van der Waals surface area contributed by atoms with Crippen LogP contribution in [0.5, 0.6) is 5.75 Å². The molecule has 1 heterocycles. The number of nitrogens with one attached hydrogen (secondary N) is 1. The summed E-state index contributed by atoms with van der Waals surface area (Å²) in [6, 6.07) is 12.1. The zero-order valence-corrected chi connectivity index (χ0v) is 14.8. The molecule has 0 saturated carbocycles. The van der Waals surface area contributed by atoms with Gasteiger partial charge in [0.2, 0.25) is 5.91 Å². The minimum atomic E-state index is -0.355. The number of anilines is 2. The second-order valence-electron chi connectivity index (χ2n) is 5.58. The van der Waals surface area contributed by atoms with Crippen molar-refractivity contribution in [3.05, 3.63) is 52.5 Å². The highest BCUT2D eigenvalue weighted by molar-refractivity contribution is 6.44. The Hall–Kier alpha value is -2.24. The molecule has 1 saturated heterocycles. The molecule has 2 aromatic rings. The maximum absolute atomic E-state index is 12.0. The molecule has 0 unspecified atom stereocenters. The van der Waals surface area contributed by atoms with Gasteiger partial charge in [0.15, 0.2) is 6.61 Å². The first-order valence-electron chi connectivity index (χ1n) is 7.81. The monoisotopic (exact) mass is 378 g/mol. The lowest BCUT2D eigenvalue weighted by Gasteiger charge is -2.16. The molecule has 3 rings (SSSR count). The highest BCUT2D eigenvalue weighted by atomic mass is 35.5. The lowest BCUT2D eigenvalue weighted by Crippen LogP contribution is -2.24. The Bertz CT molecular complexity index is 811. The van der Waals surface area contributed by atoms with Crippen molar-refractivity contribution in [2.75, 3.05) is 23.4 Å². The van der Waals surface area contributed by atoms with Crippen molar-refractivity contribution in [3.63, 3.8) is 0 Å². The van der Waals surface area contributed by atoms with E-state index in [1.165, 1.54) is 0 Å². The van der Waals surface area contributed by atoms with Crippen LogP contribution in [-0.4, -0.2) is 25.0 Å². The van der Waals surface area contributed by atoms with Crippen molar-refractivity contribution in [1.29, 1.82) is 0 Å². The third-order valence-electron chi connectivity index (χ3n) is 3.80. The van der Waals surface area contributed by atoms with Gasteiger partial charge in [-0.1, -0.05) is 35.3 Å². The number of nitrogens with zero attached hydrogens (tertiary/aromatic N) is 1. The van der Waals surface area contributed by atoms with Gasteiger partial charge in [-0.3, -0.25) is 9.59 Å². The van der Waals surface area contributed by atoms with Crippen LogP contribution in [0, 0.1) is 0 Å². The molecule has 1 aliphatic rings. The summed E-state index contributed by atoms with van der Waals surface area (Å²) in [6.07, 6.45) is 1.42. The van der Waals surface area contributed by atoms with Gasteiger partial charge >= 0.3 is 0 Å². The van der Waals surface area contributed by atoms with E-state index in [0.29, 0.717) is 29.4 Å². The van der Waals surface area contributed by atoms with Crippen molar-refractivity contribution in [3.8, 4) is 5.75 Å². The minimum absolute atomic E-state index is 0.102. The lowest BCUT2D eigenvalue weighted by molar-refractivity contribution is -0.118. The van der Waals surface area contributed by atoms with E-state index in [-0.39, 0.29) is 23.4 Å². The van der Waals surface area contributed by atoms with Gasteiger partial charge < -0.3 is 15.0 Å². The molecule has 5 nitrogen and oxygen atoms in total. The third-order valence-corrected chi connectivity index (χ3v) is 4.62. The fourth-order valence-electron chi connectivity index (χ4n) is 2.60. The number of carbonyl (C=O) groups is 2. The van der Waals surface area contributed by atoms with E-state index in [0.717, 1.165) is 12.1 Å². The Morgan fingerprint density at radius 2 is 2.00 bits per heavy atom. The van der Waals surface area contributed by atoms with Crippen LogP contribution in [0.4, 0.5) is 11.4 Å². The summed E-state index contributed by atoms with van der Waals surface area (Å²) in [4.78, 5) is 25.6. The topological polar surface area (TPSA) is 58.6 Å². The van der Waals surface area contributed by atoms with Crippen molar-refractivity contribution in [2.24, 2.45) is 0 Å². The molecule has 0 bridgehead atoms. The SMILES string of the molecule is O=C(COc1cccc(N2CCCC2=O)c1)Nc1cccc(Cl)c1Cl. The first-order valence-corrected chi connectivity index (χ1v) is 8.57. The van der Waals surface area contributed by atoms with Gasteiger partial charge in [0, 0.05) is 24.7 Å². The van der Waals surface area contributed by atoms with Crippen LogP contribution in [0.1, 0.15) is 12.8 Å². The summed E-state index contributed by atoms with van der Waals surface area (Å²) < 4.78 is 5.52. The molecule has 0 radical (unpaired) electrons. The average Bonchev–Trinajstić information content (AvgIpc) is 3.03. The minimum Gasteiger partial charge on any atom is -0.484 e. The number of carbonyl (C=O) groups excluding carboxylic acids is 2. The molecular formula is C18H16Cl2N2O3. The summed E-state index contributed by atoms with van der Waals surface area (Å²) in [7, 11) is 0. The second-order valence-corrected chi connectivity index (χ2v) is 6.37. The first kappa shape index (κ1) is 17.6. The van der Waals surface area contributed by atoms with Gasteiger partial charge in [-0.05, 0) is 30.7 Å². The zero-order valence-electron chi connectivity index (χ0n) is 13.3. The van der Waals surface area contributed by atoms with Crippen LogP contribution < -0.4 is 15.0 Å². The summed E-state index contributed by atoms with van der Waals surface area (Å²) in [5.74, 6) is 0.266. The Morgan fingerprint density at radius 3 is 2.76 bits per heavy atom. The lowest BCUT2D eigenvalue weighted by atomic mass is 10.3. The molecular weight excluding hydrogens is 363 g/mol. The van der Waals surface area contributed by atoms with Crippen molar-refractivity contribution in [2.45, 2.75) is 12.8 Å². The first-order chi connectivity index (χ1) is 12.0. The van der Waals surface area contributed by atoms with Crippen molar-refractivity contribution < 1.29 is 14.3 Å². The number of rotatable bonds is 5. The van der Waals surface area contributed by atoms with E-state index in [2.05, 4.69) is 5.32 Å². The number of ether oxygens (including phenoxy) is 1. The molecule has 0 atom stereocenters. The molecule has 1 N–H and O–H groups in total. The highest BCUT2D eigenvalue weighted by Crippen LogP contribution is 2.29. The van der Waals surface area contributed by atoms with Crippen molar-refractivity contribution in [1.82, 2.24) is 0 Å². The molecule has 2 amide bonds. The number of halogens is 2. The molecule has 0 spiro atoms. The molecule has 130 valence electrons. The molecule has 1 aliphatic heterocycles. The highest BCUT2D eigenvalue weighted by Gasteiger charge is 2.21. The van der Waals surface area contributed by atoms with Gasteiger partial charge in [0.05, 0.1) is 15.7 Å². The number of hydrogen-bond acceptors (Lipinski definition) is 3. The van der Waals surface area contributed by atoms with Gasteiger partial charge in [-0.25, -0.2) is 0 Å². The zero-order chi connectivity index (χ0) is 17.8. The van der Waals surface area contributed by atoms with Crippen LogP contribution in [0.2, 0.25) is 10.0 Å². The fraction of sp³-hybridized carbons (Fsp3) is 0.222. The quantitative estimate of drug-likeness (QED) is 0.850. The Kier molecular flexibility index (Phi) is 5.46. The molecule has 1 fully saturated rings. The van der Waals surface area contributed by atoms with E-state index in [1.54, 1.807) is 41.3 Å². The average molecular weight is 379 g/mol. The van der Waals surface area contributed by atoms with E-state index < -0.39 is 0 Å². The van der Waals surface area contributed by atoms with Crippen LogP contribution in [0.3, 0.4) is 0 Å². The molecule has 0 aromatic heterocycles. The summed E-state index contributed by atoms with van der Waals surface area (Å²) >= 11 is 12.0. The molecule has 25 heavy (non-hydrogen) atoms. The Morgan fingerprint density at radius 1 is 1.20 bits per heavy atom. The standard InChI is InChI=1S/C18H16Cl2N2O3/c19-14-6-2-7-15(18(14)20)21-16(23)11-25-13-5-1-4-12(10-13)22-9-3-8-17(22)24/h1-2,4-7,10H,3,8-9,11H2,(H,21,23). The number of benzene rings is 2. The summed E-state index contributed by atoms with van der Waals surface area (Å²) in [5, 5.41) is 3.30. The molecule has 0 aliphatic carbocycles. The smallest absolute Gasteiger partial charge is 0.262 e. The Balaban J connectivity index is 1.60. The van der Waals surface area contributed by atoms with Crippen LogP contribution in [-0.2, 0) is 9.59 Å². The maximum atomic E-state index is 12.0. The Labute approximate surface area is 155 Å². The third kappa shape index (κ3) is 4.24. The van der Waals surface area contributed by atoms with E-state index in [1.807, 2.05) is 6.07 Å². The van der Waals surface area contributed by atoms with Crippen LogP contribution in [0.25, 0.3) is 0 Å². The van der Waals surface area contributed by atoms with Gasteiger partial charge in [0.25, 0.3) is 5.91 Å². The van der Waals surface area contributed by atoms with E-state index >= 15 is 0 Å². The van der Waals surface area contributed by atoms with Gasteiger partial charge in [0.1, 0.15) is 5.75 Å². The maximum Gasteiger partial charge on any atom is 0.262 e. The number of amides is 2. The molecule has 7 heteroatoms. The van der Waals surface area contributed by atoms with E-state index in [4.69, 9.17) is 27.9 Å². The summed E-state index contributed by atoms with van der Waals surface area (Å²) in [6.45, 7) is 0.524. The normalized spacial score (nSPS) is 13.8. The van der Waals surface area contributed by atoms with Crippen LogP contribution >= 0.6 is 23.2 Å². The van der Waals surface area contributed by atoms with Crippen LogP contribution in [0.15, 0.2) is 42.5 Å². The van der Waals surface area contributed by atoms with Gasteiger partial charge in [-0.15, -0.1) is 0 Å². The van der Waals surface area contributed by atoms with E-state index in [9.17, 15) is 9.59 Å². The largest absolute Gasteiger partial charge is 0.484 e. The predicted octanol–water partition coefficient (Wildman–Crippen LogP) is 4.14. The van der Waals surface area contributed by atoms with Crippen molar-refractivity contribution >= 4 is 46.4 Å². The molecule has 2 aromatic carbocycles.